The lowest BCUT2D eigenvalue weighted by Crippen LogP contribution is -1.95. The predicted octanol–water partition coefficient (Wildman–Crippen LogP) is 2.15. The summed E-state index contributed by atoms with van der Waals surface area (Å²) < 4.78 is 4.54. The van der Waals surface area contributed by atoms with Crippen molar-refractivity contribution in [1.29, 1.82) is 0 Å². The zero-order valence-electron chi connectivity index (χ0n) is 6.25. The number of carbonyl (C=O) groups excluding carboxylic acids is 1. The van der Waals surface area contributed by atoms with Crippen molar-refractivity contribution in [1.82, 2.24) is 0 Å². The zero-order valence-corrected chi connectivity index (χ0v) is 7.76. The van der Waals surface area contributed by atoms with Crippen LogP contribution < -0.4 is 0 Å². The van der Waals surface area contributed by atoms with E-state index in [0.717, 1.165) is 0 Å². The molecule has 1 aliphatic heterocycles. The number of rotatable bonds is 0. The first-order valence-corrected chi connectivity index (χ1v) is 4.23. The zero-order chi connectivity index (χ0) is 9.59. The molecule has 68 valence electrons. The Labute approximate surface area is 83.8 Å². The summed E-state index contributed by atoms with van der Waals surface area (Å²) in [6, 6.07) is 2.81. The monoisotopic (exact) mass is 218 g/mol. The third-order valence-electron chi connectivity index (χ3n) is 1.80. The minimum atomic E-state index is -1.22. The van der Waals surface area contributed by atoms with Crippen LogP contribution in [0, 0.1) is 0 Å². The topological polar surface area (TPSA) is 46.5 Å². The standard InChI is InChI=1S/C8H4Cl2O3/c9-5-1-3-4(2-6(5)10)8(12)13-7(3)11/h1-2,7,11H. The molecule has 1 heterocycles. The van der Waals surface area contributed by atoms with E-state index in [1.165, 1.54) is 12.1 Å². The summed E-state index contributed by atoms with van der Waals surface area (Å²) >= 11 is 11.4. The lowest BCUT2D eigenvalue weighted by atomic mass is 10.1. The van der Waals surface area contributed by atoms with Crippen LogP contribution in [-0.2, 0) is 4.74 Å². The maximum Gasteiger partial charge on any atom is 0.341 e. The highest BCUT2D eigenvalue weighted by molar-refractivity contribution is 6.42. The van der Waals surface area contributed by atoms with E-state index in [0.29, 0.717) is 5.56 Å². The van der Waals surface area contributed by atoms with Gasteiger partial charge in [-0.2, -0.15) is 0 Å². The van der Waals surface area contributed by atoms with Crippen molar-refractivity contribution in [3.05, 3.63) is 33.3 Å². The lowest BCUT2D eigenvalue weighted by molar-refractivity contribution is -0.0547. The minimum Gasteiger partial charge on any atom is -0.428 e. The maximum absolute atomic E-state index is 11.1. The van der Waals surface area contributed by atoms with E-state index in [9.17, 15) is 9.90 Å². The van der Waals surface area contributed by atoms with Gasteiger partial charge < -0.3 is 9.84 Å². The molecule has 2 rings (SSSR count). The molecule has 0 fully saturated rings. The normalized spacial score (nSPS) is 19.9. The summed E-state index contributed by atoms with van der Waals surface area (Å²) in [5.41, 5.74) is 0.626. The number of carbonyl (C=O) groups is 1. The maximum atomic E-state index is 11.1. The number of esters is 1. The minimum absolute atomic E-state index is 0.266. The van der Waals surface area contributed by atoms with Crippen molar-refractivity contribution in [3.8, 4) is 0 Å². The molecule has 1 atom stereocenters. The number of cyclic esters (lactones) is 1. The van der Waals surface area contributed by atoms with Crippen LogP contribution in [0.1, 0.15) is 22.2 Å². The Bertz CT molecular complexity index is 389. The van der Waals surface area contributed by atoms with Gasteiger partial charge in [0.25, 0.3) is 0 Å². The summed E-state index contributed by atoms with van der Waals surface area (Å²) in [5, 5.41) is 9.78. The van der Waals surface area contributed by atoms with Gasteiger partial charge in [-0.1, -0.05) is 23.2 Å². The highest BCUT2D eigenvalue weighted by atomic mass is 35.5. The van der Waals surface area contributed by atoms with Crippen LogP contribution in [0.2, 0.25) is 10.0 Å². The van der Waals surface area contributed by atoms with Crippen LogP contribution in [0.25, 0.3) is 0 Å². The molecule has 5 heteroatoms. The largest absolute Gasteiger partial charge is 0.428 e. The summed E-state index contributed by atoms with van der Waals surface area (Å²) in [7, 11) is 0. The second kappa shape index (κ2) is 2.87. The van der Waals surface area contributed by atoms with E-state index in [4.69, 9.17) is 23.2 Å². The third-order valence-corrected chi connectivity index (χ3v) is 2.52. The Balaban J connectivity index is 2.65. The van der Waals surface area contributed by atoms with Crippen LogP contribution in [0.3, 0.4) is 0 Å². The van der Waals surface area contributed by atoms with Gasteiger partial charge in [0, 0.05) is 5.56 Å². The van der Waals surface area contributed by atoms with E-state index in [-0.39, 0.29) is 15.6 Å². The van der Waals surface area contributed by atoms with Crippen molar-refractivity contribution < 1.29 is 14.6 Å². The van der Waals surface area contributed by atoms with Crippen LogP contribution in [0.15, 0.2) is 12.1 Å². The van der Waals surface area contributed by atoms with Crippen molar-refractivity contribution in [3.63, 3.8) is 0 Å². The van der Waals surface area contributed by atoms with Gasteiger partial charge in [-0.05, 0) is 12.1 Å². The van der Waals surface area contributed by atoms with Crippen molar-refractivity contribution in [2.45, 2.75) is 6.29 Å². The Morgan fingerprint density at radius 1 is 1.31 bits per heavy atom. The first-order valence-electron chi connectivity index (χ1n) is 3.47. The Kier molecular flexibility index (Phi) is 1.95. The number of hydrogen-bond donors (Lipinski definition) is 1. The number of halogens is 2. The van der Waals surface area contributed by atoms with Crippen LogP contribution in [0.4, 0.5) is 0 Å². The molecule has 0 spiro atoms. The quantitative estimate of drug-likeness (QED) is 0.680. The molecule has 0 bridgehead atoms. The number of aliphatic hydroxyl groups is 1. The van der Waals surface area contributed by atoms with Crippen molar-refractivity contribution in [2.24, 2.45) is 0 Å². The van der Waals surface area contributed by atoms with Crippen LogP contribution in [-0.4, -0.2) is 11.1 Å². The molecule has 3 nitrogen and oxygen atoms in total. The molecule has 1 N–H and O–H groups in total. The van der Waals surface area contributed by atoms with Crippen molar-refractivity contribution in [2.75, 3.05) is 0 Å². The number of benzene rings is 1. The van der Waals surface area contributed by atoms with Crippen LogP contribution in [0.5, 0.6) is 0 Å². The summed E-state index contributed by atoms with van der Waals surface area (Å²) in [4.78, 5) is 11.1. The van der Waals surface area contributed by atoms with Gasteiger partial charge >= 0.3 is 5.97 Å². The molecule has 0 saturated heterocycles. The predicted molar refractivity (Wildman–Crippen MR) is 46.8 cm³/mol. The highest BCUT2D eigenvalue weighted by Crippen LogP contribution is 2.34. The molecule has 0 aromatic heterocycles. The first kappa shape index (κ1) is 8.81. The van der Waals surface area contributed by atoms with E-state index >= 15 is 0 Å². The second-order valence-electron chi connectivity index (χ2n) is 2.61. The number of hydrogen-bond acceptors (Lipinski definition) is 3. The molecule has 1 aliphatic rings. The average Bonchev–Trinajstić information content (AvgIpc) is 2.31. The average molecular weight is 219 g/mol. The summed E-state index contributed by atoms with van der Waals surface area (Å²) in [6.07, 6.45) is -1.22. The molecular formula is C8H4Cl2O3. The molecule has 0 saturated carbocycles. The Morgan fingerprint density at radius 2 is 1.92 bits per heavy atom. The smallest absolute Gasteiger partial charge is 0.341 e. The first-order chi connectivity index (χ1) is 6.09. The molecular weight excluding hydrogens is 215 g/mol. The van der Waals surface area contributed by atoms with Gasteiger partial charge in [-0.15, -0.1) is 0 Å². The van der Waals surface area contributed by atoms with Gasteiger partial charge in [0.05, 0.1) is 15.6 Å². The molecule has 0 aliphatic carbocycles. The van der Waals surface area contributed by atoms with Gasteiger partial charge in [-0.25, -0.2) is 4.79 Å². The fraction of sp³-hybridized carbons (Fsp3) is 0.125. The SMILES string of the molecule is O=C1OC(O)c2cc(Cl)c(Cl)cc21. The fourth-order valence-electron chi connectivity index (χ4n) is 1.17. The summed E-state index contributed by atoms with van der Waals surface area (Å²) in [6.45, 7) is 0. The van der Waals surface area contributed by atoms with Gasteiger partial charge in [0.15, 0.2) is 0 Å². The van der Waals surface area contributed by atoms with E-state index in [1.807, 2.05) is 0 Å². The van der Waals surface area contributed by atoms with Crippen LogP contribution >= 0.6 is 23.2 Å². The number of ether oxygens (including phenoxy) is 1. The van der Waals surface area contributed by atoms with E-state index < -0.39 is 12.3 Å². The number of fused-ring (bicyclic) bond motifs is 1. The fourth-order valence-corrected chi connectivity index (χ4v) is 1.51. The second-order valence-corrected chi connectivity index (χ2v) is 3.43. The van der Waals surface area contributed by atoms with Crippen molar-refractivity contribution >= 4 is 29.2 Å². The Morgan fingerprint density at radius 3 is 2.62 bits per heavy atom. The highest BCUT2D eigenvalue weighted by Gasteiger charge is 2.30. The van der Waals surface area contributed by atoms with E-state index in [2.05, 4.69) is 4.74 Å². The van der Waals surface area contributed by atoms with Gasteiger partial charge in [0.2, 0.25) is 6.29 Å². The molecule has 0 radical (unpaired) electrons. The molecule has 13 heavy (non-hydrogen) atoms. The molecule has 1 unspecified atom stereocenters. The molecule has 1 aromatic rings. The number of aliphatic hydroxyl groups excluding tert-OH is 1. The molecule has 0 amide bonds. The van der Waals surface area contributed by atoms with Gasteiger partial charge in [0.1, 0.15) is 0 Å². The van der Waals surface area contributed by atoms with Gasteiger partial charge in [-0.3, -0.25) is 0 Å². The molecule has 1 aromatic carbocycles. The Hall–Kier alpha value is -0.770. The lowest BCUT2D eigenvalue weighted by Gasteiger charge is -2.01. The van der Waals surface area contributed by atoms with E-state index in [1.54, 1.807) is 0 Å². The summed E-state index contributed by atoms with van der Waals surface area (Å²) in [5.74, 6) is -0.582. The third kappa shape index (κ3) is 1.29.